The van der Waals surface area contributed by atoms with Gasteiger partial charge in [-0.15, -0.1) is 11.8 Å². The number of halogens is 1. The monoisotopic (exact) mass is 418 g/mol. The van der Waals surface area contributed by atoms with Crippen LogP contribution < -0.4 is 4.80 Å². The first-order valence-corrected chi connectivity index (χ1v) is 10.6. The van der Waals surface area contributed by atoms with E-state index in [1.165, 1.54) is 12.1 Å². The Morgan fingerprint density at radius 1 is 1.21 bits per heavy atom. The molecule has 0 N–H and O–H groups in total. The number of benzene rings is 2. The Kier molecular flexibility index (Phi) is 6.64. The molecular weight excluding hydrogens is 399 g/mol. The normalized spacial score (nSPS) is 11.8. The van der Waals surface area contributed by atoms with Gasteiger partial charge in [-0.3, -0.25) is 9.59 Å². The van der Waals surface area contributed by atoms with Crippen LogP contribution in [0, 0.1) is 5.82 Å². The fourth-order valence-corrected chi connectivity index (χ4v) is 4.43. The van der Waals surface area contributed by atoms with Gasteiger partial charge in [-0.05, 0) is 49.1 Å². The molecule has 28 heavy (non-hydrogen) atoms. The summed E-state index contributed by atoms with van der Waals surface area (Å²) in [5, 5.41) is 0. The molecule has 0 aliphatic carbocycles. The van der Waals surface area contributed by atoms with Gasteiger partial charge < -0.3 is 9.30 Å². The zero-order valence-electron chi connectivity index (χ0n) is 15.5. The van der Waals surface area contributed by atoms with Crippen LogP contribution in [0.4, 0.5) is 4.39 Å². The van der Waals surface area contributed by atoms with E-state index in [1.807, 2.05) is 19.1 Å². The Bertz CT molecular complexity index is 1090. The van der Waals surface area contributed by atoms with E-state index >= 15 is 0 Å². The first kappa shape index (κ1) is 20.3. The predicted molar refractivity (Wildman–Crippen MR) is 109 cm³/mol. The second-order valence-electron chi connectivity index (χ2n) is 5.77. The maximum absolute atomic E-state index is 13.6. The van der Waals surface area contributed by atoms with Gasteiger partial charge in [0.05, 0.1) is 16.8 Å². The Morgan fingerprint density at radius 2 is 2.04 bits per heavy atom. The molecule has 3 rings (SSSR count). The van der Waals surface area contributed by atoms with Crippen molar-refractivity contribution < 1.29 is 18.7 Å². The standard InChI is InChI=1S/C20H19FN2O3S2/c1-3-26-18(24)12-23-16-9-8-14(21)11-17(16)28-20(23)22-19(25)13-6-5-7-15(10-13)27-4-2/h5-11H,3-4,12H2,1-2H3. The van der Waals surface area contributed by atoms with E-state index in [0.717, 1.165) is 22.0 Å². The number of hydrogen-bond donors (Lipinski definition) is 0. The van der Waals surface area contributed by atoms with Gasteiger partial charge in [-0.25, -0.2) is 4.39 Å². The molecule has 0 saturated carbocycles. The molecule has 5 nitrogen and oxygen atoms in total. The number of carbonyl (C=O) groups is 2. The van der Waals surface area contributed by atoms with Crippen molar-refractivity contribution in [1.29, 1.82) is 0 Å². The molecule has 2 aromatic carbocycles. The average Bonchev–Trinajstić information content (AvgIpc) is 2.98. The minimum Gasteiger partial charge on any atom is -0.465 e. The minimum atomic E-state index is -0.443. The van der Waals surface area contributed by atoms with E-state index < -0.39 is 11.9 Å². The fourth-order valence-electron chi connectivity index (χ4n) is 2.66. The Morgan fingerprint density at radius 3 is 2.79 bits per heavy atom. The van der Waals surface area contributed by atoms with E-state index in [2.05, 4.69) is 4.99 Å². The van der Waals surface area contributed by atoms with E-state index in [1.54, 1.807) is 41.5 Å². The van der Waals surface area contributed by atoms with Gasteiger partial charge in [0.1, 0.15) is 12.4 Å². The number of carbonyl (C=O) groups excluding carboxylic acids is 2. The Balaban J connectivity index is 2.06. The van der Waals surface area contributed by atoms with Crippen LogP contribution in [-0.4, -0.2) is 28.8 Å². The quantitative estimate of drug-likeness (QED) is 0.443. The smallest absolute Gasteiger partial charge is 0.326 e. The van der Waals surface area contributed by atoms with Crippen molar-refractivity contribution in [1.82, 2.24) is 4.57 Å². The number of thiazole rings is 1. The van der Waals surface area contributed by atoms with Crippen LogP contribution in [0.3, 0.4) is 0 Å². The van der Waals surface area contributed by atoms with Gasteiger partial charge in [-0.2, -0.15) is 4.99 Å². The third-order valence-electron chi connectivity index (χ3n) is 3.83. The molecule has 1 heterocycles. The first-order chi connectivity index (χ1) is 13.5. The second-order valence-corrected chi connectivity index (χ2v) is 8.11. The lowest BCUT2D eigenvalue weighted by Crippen LogP contribution is -2.23. The first-order valence-electron chi connectivity index (χ1n) is 8.78. The Hall–Kier alpha value is -2.45. The number of thioether (sulfide) groups is 1. The fraction of sp³-hybridized carbons (Fsp3) is 0.250. The maximum atomic E-state index is 13.6. The van der Waals surface area contributed by atoms with Crippen LogP contribution in [0.25, 0.3) is 10.2 Å². The number of nitrogens with zero attached hydrogens (tertiary/aromatic N) is 2. The molecule has 1 aromatic heterocycles. The molecule has 8 heteroatoms. The molecule has 0 saturated heterocycles. The zero-order valence-corrected chi connectivity index (χ0v) is 17.1. The third-order valence-corrected chi connectivity index (χ3v) is 5.74. The molecule has 0 unspecified atom stereocenters. The molecule has 1 amide bonds. The number of rotatable bonds is 6. The molecule has 3 aromatic rings. The highest BCUT2D eigenvalue weighted by molar-refractivity contribution is 7.99. The highest BCUT2D eigenvalue weighted by atomic mass is 32.2. The number of ether oxygens (including phenoxy) is 1. The van der Waals surface area contributed by atoms with Gasteiger partial charge in [0.2, 0.25) is 0 Å². The van der Waals surface area contributed by atoms with Gasteiger partial charge in [0, 0.05) is 10.5 Å². The van der Waals surface area contributed by atoms with Crippen LogP contribution >= 0.6 is 23.1 Å². The SMILES string of the molecule is CCOC(=O)Cn1c(=NC(=O)c2cccc(SCC)c2)sc2cc(F)ccc21. The molecule has 0 spiro atoms. The molecule has 0 fully saturated rings. The number of aromatic nitrogens is 1. The number of fused-ring (bicyclic) bond motifs is 1. The van der Waals surface area contributed by atoms with E-state index in [4.69, 9.17) is 4.74 Å². The van der Waals surface area contributed by atoms with Crippen molar-refractivity contribution in [2.24, 2.45) is 4.99 Å². The van der Waals surface area contributed by atoms with Gasteiger partial charge >= 0.3 is 5.97 Å². The summed E-state index contributed by atoms with van der Waals surface area (Å²) in [6, 6.07) is 11.5. The third kappa shape index (κ3) is 4.69. The Labute approximate surface area is 169 Å². The topological polar surface area (TPSA) is 60.7 Å². The minimum absolute atomic E-state index is 0.0999. The van der Waals surface area contributed by atoms with E-state index in [9.17, 15) is 14.0 Å². The van der Waals surface area contributed by atoms with Crippen molar-refractivity contribution >= 4 is 45.2 Å². The lowest BCUT2D eigenvalue weighted by molar-refractivity contribution is -0.143. The zero-order chi connectivity index (χ0) is 20.1. The van der Waals surface area contributed by atoms with Gasteiger partial charge in [0.15, 0.2) is 4.80 Å². The summed E-state index contributed by atoms with van der Waals surface area (Å²) in [7, 11) is 0. The van der Waals surface area contributed by atoms with E-state index in [-0.39, 0.29) is 19.0 Å². The summed E-state index contributed by atoms with van der Waals surface area (Å²) in [5.74, 6) is -0.347. The lowest BCUT2D eigenvalue weighted by atomic mass is 10.2. The van der Waals surface area contributed by atoms with Gasteiger partial charge in [0.25, 0.3) is 5.91 Å². The average molecular weight is 419 g/mol. The van der Waals surface area contributed by atoms with Crippen LogP contribution in [0.1, 0.15) is 24.2 Å². The van der Waals surface area contributed by atoms with Crippen LogP contribution in [-0.2, 0) is 16.1 Å². The number of amides is 1. The maximum Gasteiger partial charge on any atom is 0.326 e. The summed E-state index contributed by atoms with van der Waals surface area (Å²) in [5.41, 5.74) is 1.09. The van der Waals surface area contributed by atoms with Crippen molar-refractivity contribution in [2.45, 2.75) is 25.3 Å². The van der Waals surface area contributed by atoms with Crippen LogP contribution in [0.15, 0.2) is 52.4 Å². The van der Waals surface area contributed by atoms with Crippen molar-refractivity contribution in [2.75, 3.05) is 12.4 Å². The lowest BCUT2D eigenvalue weighted by Gasteiger charge is -2.05. The van der Waals surface area contributed by atoms with Crippen LogP contribution in [0.5, 0.6) is 0 Å². The highest BCUT2D eigenvalue weighted by Crippen LogP contribution is 2.20. The summed E-state index contributed by atoms with van der Waals surface area (Å²) in [6.45, 7) is 3.92. The second kappa shape index (κ2) is 9.16. The summed E-state index contributed by atoms with van der Waals surface area (Å²) < 4.78 is 20.8. The molecule has 0 radical (unpaired) electrons. The molecule has 0 bridgehead atoms. The predicted octanol–water partition coefficient (Wildman–Crippen LogP) is 4.26. The molecular formula is C20H19FN2O3S2. The molecule has 0 aliphatic heterocycles. The van der Waals surface area contributed by atoms with Crippen molar-refractivity contribution in [3.05, 3.63) is 58.6 Å². The van der Waals surface area contributed by atoms with Crippen LogP contribution in [0.2, 0.25) is 0 Å². The van der Waals surface area contributed by atoms with E-state index in [0.29, 0.717) is 20.6 Å². The van der Waals surface area contributed by atoms with Crippen molar-refractivity contribution in [3.8, 4) is 0 Å². The molecule has 0 aliphatic rings. The van der Waals surface area contributed by atoms with Crippen molar-refractivity contribution in [3.63, 3.8) is 0 Å². The summed E-state index contributed by atoms with van der Waals surface area (Å²) >= 11 is 2.79. The molecule has 0 atom stereocenters. The number of hydrogen-bond acceptors (Lipinski definition) is 5. The van der Waals surface area contributed by atoms with Gasteiger partial charge in [-0.1, -0.05) is 24.3 Å². The number of esters is 1. The molecule has 146 valence electrons. The highest BCUT2D eigenvalue weighted by Gasteiger charge is 2.13. The largest absolute Gasteiger partial charge is 0.465 e. The summed E-state index contributed by atoms with van der Waals surface area (Å²) in [4.78, 5) is 30.2. The summed E-state index contributed by atoms with van der Waals surface area (Å²) in [6.07, 6.45) is 0.